The van der Waals surface area contributed by atoms with Crippen LogP contribution < -0.4 is 21.3 Å². The van der Waals surface area contributed by atoms with Gasteiger partial charge in [0.1, 0.15) is 61.2 Å². The number of fused-ring (bicyclic) bond motifs is 15. The molecule has 12 bridgehead atoms. The van der Waals surface area contributed by atoms with Gasteiger partial charge in [-0.25, -0.2) is 39.5 Å². The van der Waals surface area contributed by atoms with Gasteiger partial charge in [-0.1, -0.05) is 0 Å². The minimum Gasteiger partial charge on any atom is -0.473 e. The summed E-state index contributed by atoms with van der Waals surface area (Å²) in [5.41, 5.74) is -0.491. The number of hydrogen-bond acceptors (Lipinski definition) is 18. The summed E-state index contributed by atoms with van der Waals surface area (Å²) < 4.78 is 45.1. The van der Waals surface area contributed by atoms with Crippen molar-refractivity contribution < 1.29 is 55.5 Å². The van der Waals surface area contributed by atoms with Crippen molar-refractivity contribution in [3.63, 3.8) is 0 Å². The molecule has 5 aromatic rings. The van der Waals surface area contributed by atoms with Gasteiger partial charge >= 0.3 is 12.2 Å². The zero-order chi connectivity index (χ0) is 44.0. The van der Waals surface area contributed by atoms with Gasteiger partial charge in [-0.3, -0.25) is 9.59 Å². The van der Waals surface area contributed by atoms with E-state index in [0.29, 0.717) is 51.6 Å². The van der Waals surface area contributed by atoms with E-state index in [0.717, 1.165) is 0 Å². The standard InChI is InChI=1S/C40H48N10O12/c1-39(2,3)61-37(53)41-13-9-7-11-21-31-47-27(17-57-31)35-49-26(19-59-35)34-46-24(16-56-34)30(52)44-22(12-8-10-14-42-38(54)62-40(4,5)6)32-48-28(18-58-32)36-50-25(20-60-36)33-45-23(15-55-33)29(51)43-21/h15,17-22,24H,7-14,16H2,1-6H3,(H,41,53)(H,42,54)(H,43,51)(H,44,52). The number of hydrogen-bond donors (Lipinski definition) is 4. The minimum atomic E-state index is -0.941. The highest BCUT2D eigenvalue weighted by Crippen LogP contribution is 2.29. The van der Waals surface area contributed by atoms with E-state index < -0.39 is 53.3 Å². The zero-order valence-electron chi connectivity index (χ0n) is 35.1. The van der Waals surface area contributed by atoms with Gasteiger partial charge in [0.2, 0.25) is 41.3 Å². The molecule has 4 amide bonds. The lowest BCUT2D eigenvalue weighted by atomic mass is 10.1. The Morgan fingerprint density at radius 1 is 0.629 bits per heavy atom. The molecule has 0 aliphatic carbocycles. The van der Waals surface area contributed by atoms with Crippen LogP contribution in [0, 0.1) is 0 Å². The van der Waals surface area contributed by atoms with E-state index in [-0.39, 0.29) is 70.4 Å². The molecule has 0 saturated heterocycles. The quantitative estimate of drug-likeness (QED) is 0.121. The molecule has 5 aromatic heterocycles. The number of unbranched alkanes of at least 4 members (excludes halogenated alkanes) is 2. The van der Waals surface area contributed by atoms with Gasteiger partial charge in [-0.05, 0) is 80.1 Å². The topological polar surface area (TPSA) is 287 Å². The van der Waals surface area contributed by atoms with Crippen molar-refractivity contribution in [2.75, 3.05) is 19.7 Å². The summed E-state index contributed by atoms with van der Waals surface area (Å²) in [6.07, 6.45) is 8.34. The molecule has 62 heavy (non-hydrogen) atoms. The highest BCUT2D eigenvalue weighted by molar-refractivity contribution is 5.97. The van der Waals surface area contributed by atoms with Gasteiger partial charge in [-0.2, -0.15) is 0 Å². The van der Waals surface area contributed by atoms with Crippen molar-refractivity contribution in [2.45, 2.75) is 109 Å². The Hall–Kier alpha value is -7.00. The lowest BCUT2D eigenvalue weighted by Gasteiger charge is -2.20. The molecule has 330 valence electrons. The Morgan fingerprint density at radius 3 is 1.63 bits per heavy atom. The van der Waals surface area contributed by atoms with Crippen LogP contribution in [-0.4, -0.2) is 91.8 Å². The number of ether oxygens (including phenoxy) is 3. The second-order valence-electron chi connectivity index (χ2n) is 16.5. The van der Waals surface area contributed by atoms with E-state index >= 15 is 0 Å². The molecule has 7 heterocycles. The number of rotatable bonds is 10. The SMILES string of the molecule is CC(C)(C)OC(=O)NCCCCC1NC(=O)c2coc(n2)-c2coc(n2)-c2coc(n2)C(CCCCNC(=O)OC(C)(C)C)NC(=O)C2COC(=N2)c2coc(n2)-c2coc1n2. The van der Waals surface area contributed by atoms with Crippen LogP contribution in [-0.2, 0) is 19.0 Å². The lowest BCUT2D eigenvalue weighted by Crippen LogP contribution is -2.37. The van der Waals surface area contributed by atoms with Gasteiger partial charge < -0.3 is 57.6 Å². The van der Waals surface area contributed by atoms with E-state index in [2.05, 4.69) is 51.2 Å². The van der Waals surface area contributed by atoms with Crippen LogP contribution >= 0.6 is 0 Å². The summed E-state index contributed by atoms with van der Waals surface area (Å²) in [4.78, 5) is 78.4. The third-order valence-electron chi connectivity index (χ3n) is 9.01. The Kier molecular flexibility index (Phi) is 12.7. The average molecular weight is 861 g/mol. The van der Waals surface area contributed by atoms with E-state index in [1.54, 1.807) is 41.5 Å². The molecule has 4 N–H and O–H groups in total. The van der Waals surface area contributed by atoms with Gasteiger partial charge in [0.15, 0.2) is 34.5 Å². The Labute approximate surface area is 354 Å². The fourth-order valence-electron chi connectivity index (χ4n) is 6.19. The summed E-state index contributed by atoms with van der Waals surface area (Å²) in [7, 11) is 0. The highest BCUT2D eigenvalue weighted by Gasteiger charge is 2.32. The fourth-order valence-corrected chi connectivity index (χ4v) is 6.19. The van der Waals surface area contributed by atoms with Crippen LogP contribution in [0.3, 0.4) is 0 Å². The first kappa shape index (κ1) is 43.1. The van der Waals surface area contributed by atoms with Crippen molar-refractivity contribution in [3.05, 3.63) is 54.5 Å². The van der Waals surface area contributed by atoms with E-state index in [1.807, 2.05) is 0 Å². The molecule has 2 aliphatic rings. The van der Waals surface area contributed by atoms with E-state index in [1.165, 1.54) is 31.3 Å². The van der Waals surface area contributed by atoms with Gasteiger partial charge in [0.25, 0.3) is 5.91 Å². The first-order valence-electron chi connectivity index (χ1n) is 20.1. The maximum Gasteiger partial charge on any atom is 0.407 e. The first-order chi connectivity index (χ1) is 29.6. The molecule has 3 unspecified atom stereocenters. The van der Waals surface area contributed by atoms with Crippen molar-refractivity contribution in [1.29, 1.82) is 0 Å². The van der Waals surface area contributed by atoms with Gasteiger partial charge in [0.05, 0.1) is 0 Å². The van der Waals surface area contributed by atoms with Crippen LogP contribution in [0.5, 0.6) is 0 Å². The number of carbonyl (C=O) groups is 4. The predicted octanol–water partition coefficient (Wildman–Crippen LogP) is 5.81. The molecule has 2 aliphatic heterocycles. The molecular formula is C40H48N10O12. The molecule has 7 rings (SSSR count). The molecule has 0 radical (unpaired) electrons. The number of aliphatic imine (C=N–C) groups is 1. The number of carbonyl (C=O) groups excluding carboxylic acids is 4. The Morgan fingerprint density at radius 2 is 1.08 bits per heavy atom. The number of nitrogens with one attached hydrogen (secondary N) is 4. The molecule has 0 saturated carbocycles. The van der Waals surface area contributed by atoms with Crippen molar-refractivity contribution in [3.8, 4) is 34.8 Å². The average Bonchev–Trinajstić information content (AvgIpc) is 4.04. The predicted molar refractivity (Wildman–Crippen MR) is 213 cm³/mol. The molecular weight excluding hydrogens is 812 g/mol. The van der Waals surface area contributed by atoms with Gasteiger partial charge in [-0.15, -0.1) is 0 Å². The highest BCUT2D eigenvalue weighted by atomic mass is 16.6. The molecule has 22 heteroatoms. The molecule has 0 aromatic carbocycles. The lowest BCUT2D eigenvalue weighted by molar-refractivity contribution is -0.123. The van der Waals surface area contributed by atoms with Crippen LogP contribution in [0.2, 0.25) is 0 Å². The van der Waals surface area contributed by atoms with Crippen molar-refractivity contribution in [1.82, 2.24) is 46.2 Å². The third-order valence-corrected chi connectivity index (χ3v) is 9.01. The summed E-state index contributed by atoms with van der Waals surface area (Å²) >= 11 is 0. The van der Waals surface area contributed by atoms with Crippen molar-refractivity contribution in [2.24, 2.45) is 4.99 Å². The number of amides is 4. The molecule has 0 fully saturated rings. The number of oxazole rings is 5. The van der Waals surface area contributed by atoms with E-state index in [9.17, 15) is 19.2 Å². The Bertz CT molecular complexity index is 2390. The van der Waals surface area contributed by atoms with Gasteiger partial charge in [0, 0.05) is 13.1 Å². The van der Waals surface area contributed by atoms with Crippen molar-refractivity contribution >= 4 is 29.9 Å². The largest absolute Gasteiger partial charge is 0.473 e. The second kappa shape index (κ2) is 18.3. The minimum absolute atomic E-state index is 0.00459. The number of aromatic nitrogens is 5. The first-order valence-corrected chi connectivity index (χ1v) is 20.1. The van der Waals surface area contributed by atoms with E-state index in [4.69, 9.17) is 36.3 Å². The smallest absolute Gasteiger partial charge is 0.407 e. The van der Waals surface area contributed by atoms with Crippen LogP contribution in [0.1, 0.15) is 120 Å². The normalized spacial score (nSPS) is 17.8. The molecule has 3 atom stereocenters. The third kappa shape index (κ3) is 11.2. The molecule has 22 nitrogen and oxygen atoms in total. The summed E-state index contributed by atoms with van der Waals surface area (Å²) in [6.45, 7) is 11.3. The molecule has 0 spiro atoms. The Balaban J connectivity index is 1.11. The van der Waals surface area contributed by atoms with Crippen LogP contribution in [0.15, 0.2) is 58.4 Å². The number of alkyl carbamates (subject to hydrolysis) is 2. The fraction of sp³-hybridized carbons (Fsp3) is 0.500. The van der Waals surface area contributed by atoms with Crippen LogP contribution in [0.4, 0.5) is 9.59 Å². The maximum atomic E-state index is 13.7. The second-order valence-corrected chi connectivity index (χ2v) is 16.5. The maximum absolute atomic E-state index is 13.7. The monoisotopic (exact) mass is 860 g/mol. The number of nitrogens with zero attached hydrogens (tertiary/aromatic N) is 6. The summed E-state index contributed by atoms with van der Waals surface area (Å²) in [5.74, 6) is -0.511. The summed E-state index contributed by atoms with van der Waals surface area (Å²) in [6, 6.07) is -2.41. The summed E-state index contributed by atoms with van der Waals surface area (Å²) in [5, 5.41) is 11.3. The van der Waals surface area contributed by atoms with Crippen LogP contribution in [0.25, 0.3) is 34.8 Å². The zero-order valence-corrected chi connectivity index (χ0v) is 35.1.